The van der Waals surface area contributed by atoms with E-state index in [1.807, 2.05) is 72.0 Å². The smallest absolute Gasteiger partial charge is 0.185 e. The van der Waals surface area contributed by atoms with Gasteiger partial charge in [0.15, 0.2) is 5.78 Å². The van der Waals surface area contributed by atoms with Gasteiger partial charge in [-0.3, -0.25) is 4.79 Å². The third kappa shape index (κ3) is 2.27. The van der Waals surface area contributed by atoms with Crippen molar-refractivity contribution in [1.29, 1.82) is 0 Å². The maximum atomic E-state index is 12.4. The Kier molecular flexibility index (Phi) is 3.18. The van der Waals surface area contributed by atoms with Gasteiger partial charge in [-0.05, 0) is 49.3 Å². The molecule has 1 saturated carbocycles. The van der Waals surface area contributed by atoms with Crippen molar-refractivity contribution in [2.24, 2.45) is 14.1 Å². The summed E-state index contributed by atoms with van der Waals surface area (Å²) in [6, 6.07) is 8.04. The first-order chi connectivity index (χ1) is 9.65. The minimum Gasteiger partial charge on any atom is -0.351 e. The molecule has 1 aliphatic carbocycles. The Bertz CT molecular complexity index is 653. The number of hydrogen-bond donors (Lipinski definition) is 0. The topological polar surface area (TPSA) is 26.9 Å². The van der Waals surface area contributed by atoms with Crippen LogP contribution < -0.4 is 0 Å². The summed E-state index contributed by atoms with van der Waals surface area (Å²) >= 11 is 0. The van der Waals surface area contributed by atoms with Crippen molar-refractivity contribution in [3.05, 3.63) is 59.2 Å². The van der Waals surface area contributed by atoms with Gasteiger partial charge >= 0.3 is 0 Å². The van der Waals surface area contributed by atoms with E-state index in [4.69, 9.17) is 0 Å². The first-order valence-electron chi connectivity index (χ1n) is 6.83. The summed E-state index contributed by atoms with van der Waals surface area (Å²) in [6.45, 7) is 0. The van der Waals surface area contributed by atoms with E-state index in [1.165, 1.54) is 0 Å². The maximum absolute atomic E-state index is 12.4. The Morgan fingerprint density at radius 2 is 1.35 bits per heavy atom. The van der Waals surface area contributed by atoms with Crippen LogP contribution in [-0.4, -0.2) is 14.9 Å². The van der Waals surface area contributed by atoms with Gasteiger partial charge in [-0.1, -0.05) is 0 Å². The molecule has 0 radical (unpaired) electrons. The lowest BCUT2D eigenvalue weighted by Crippen LogP contribution is -1.98. The second-order valence-electron chi connectivity index (χ2n) is 5.26. The van der Waals surface area contributed by atoms with E-state index in [9.17, 15) is 4.79 Å². The van der Waals surface area contributed by atoms with Crippen LogP contribution in [0, 0.1) is 0 Å². The number of nitrogens with zero attached hydrogens (tertiary/aromatic N) is 2. The van der Waals surface area contributed by atoms with Crippen LogP contribution >= 0.6 is 0 Å². The molecule has 3 nitrogen and oxygen atoms in total. The molecule has 0 aliphatic heterocycles. The highest BCUT2D eigenvalue weighted by atomic mass is 16.1. The average Bonchev–Trinajstić information content (AvgIpc) is 3.09. The van der Waals surface area contributed by atoms with Crippen molar-refractivity contribution in [1.82, 2.24) is 9.13 Å². The van der Waals surface area contributed by atoms with Crippen LogP contribution in [-0.2, 0) is 18.9 Å². The van der Waals surface area contributed by atoms with Gasteiger partial charge in [-0.25, -0.2) is 0 Å². The van der Waals surface area contributed by atoms with Crippen LogP contribution in [0.25, 0.3) is 12.2 Å². The van der Waals surface area contributed by atoms with Crippen molar-refractivity contribution in [2.45, 2.75) is 12.8 Å². The van der Waals surface area contributed by atoms with Gasteiger partial charge < -0.3 is 9.13 Å². The number of allylic oxidation sites excluding steroid dienone is 2. The SMILES string of the molecule is Cn1cccc1/C=C1\CC/C(=C\c2cccn2C)C1=O. The molecule has 102 valence electrons. The van der Waals surface area contributed by atoms with Gasteiger partial charge in [0.2, 0.25) is 0 Å². The fourth-order valence-electron chi connectivity index (χ4n) is 2.58. The van der Waals surface area contributed by atoms with Gasteiger partial charge in [0.25, 0.3) is 0 Å². The summed E-state index contributed by atoms with van der Waals surface area (Å²) in [5.74, 6) is 0.187. The number of aryl methyl sites for hydroxylation is 2. The molecule has 3 rings (SSSR count). The second-order valence-corrected chi connectivity index (χ2v) is 5.26. The molecule has 0 saturated heterocycles. The highest BCUT2D eigenvalue weighted by molar-refractivity contribution is 6.15. The highest BCUT2D eigenvalue weighted by Gasteiger charge is 2.23. The largest absolute Gasteiger partial charge is 0.351 e. The lowest BCUT2D eigenvalue weighted by atomic mass is 10.1. The number of rotatable bonds is 2. The van der Waals surface area contributed by atoms with Crippen molar-refractivity contribution >= 4 is 17.9 Å². The molecule has 20 heavy (non-hydrogen) atoms. The number of Topliss-reactive ketones (excluding diaryl/α,β-unsaturated/α-hetero) is 1. The van der Waals surface area contributed by atoms with E-state index in [0.29, 0.717) is 0 Å². The maximum Gasteiger partial charge on any atom is 0.185 e. The normalized spacial score (nSPS) is 19.4. The third-order valence-corrected chi connectivity index (χ3v) is 3.86. The summed E-state index contributed by atoms with van der Waals surface area (Å²) in [4.78, 5) is 12.4. The monoisotopic (exact) mass is 266 g/mol. The molecule has 0 atom stereocenters. The van der Waals surface area contributed by atoms with E-state index in [1.54, 1.807) is 0 Å². The first kappa shape index (κ1) is 12.7. The Balaban J connectivity index is 1.88. The number of hydrogen-bond acceptors (Lipinski definition) is 1. The Labute approximate surface area is 118 Å². The molecule has 0 unspecified atom stereocenters. The summed E-state index contributed by atoms with van der Waals surface area (Å²) < 4.78 is 4.05. The van der Waals surface area contributed by atoms with Gasteiger partial charge in [-0.2, -0.15) is 0 Å². The summed E-state index contributed by atoms with van der Waals surface area (Å²) in [5.41, 5.74) is 3.97. The van der Waals surface area contributed by atoms with E-state index in [2.05, 4.69) is 0 Å². The quantitative estimate of drug-likeness (QED) is 0.767. The first-order valence-corrected chi connectivity index (χ1v) is 6.83. The molecule has 1 aliphatic rings. The lowest BCUT2D eigenvalue weighted by molar-refractivity contribution is -0.111. The Hall–Kier alpha value is -2.29. The van der Waals surface area contributed by atoms with Crippen LogP contribution in [0.3, 0.4) is 0 Å². The molecule has 2 aromatic heterocycles. The molecular weight excluding hydrogens is 248 g/mol. The zero-order valence-electron chi connectivity index (χ0n) is 11.8. The highest BCUT2D eigenvalue weighted by Crippen LogP contribution is 2.29. The van der Waals surface area contributed by atoms with Crippen LogP contribution in [0.5, 0.6) is 0 Å². The Morgan fingerprint density at radius 1 is 0.900 bits per heavy atom. The minimum atomic E-state index is 0.187. The second kappa shape index (κ2) is 5.00. The molecule has 0 aromatic carbocycles. The number of ketones is 1. The standard InChI is InChI=1S/C17H18N2O/c1-18-9-3-5-15(18)11-13-7-8-14(17(13)20)12-16-6-4-10-19(16)2/h3-6,9-12H,7-8H2,1-2H3/b13-11+,14-12+. The predicted molar refractivity (Wildman–Crippen MR) is 81.0 cm³/mol. The number of carbonyl (C=O) groups excluding carboxylic acids is 1. The molecule has 0 N–H and O–H groups in total. The van der Waals surface area contributed by atoms with Crippen molar-refractivity contribution in [3.63, 3.8) is 0 Å². The fourth-order valence-corrected chi connectivity index (χ4v) is 2.58. The number of aromatic nitrogens is 2. The molecule has 0 bridgehead atoms. The molecular formula is C17H18N2O. The zero-order valence-corrected chi connectivity index (χ0v) is 11.8. The van der Waals surface area contributed by atoms with E-state index in [0.717, 1.165) is 35.4 Å². The summed E-state index contributed by atoms with van der Waals surface area (Å²) in [5, 5.41) is 0. The molecule has 0 spiro atoms. The number of carbonyl (C=O) groups is 1. The van der Waals surface area contributed by atoms with Crippen LogP contribution in [0.1, 0.15) is 24.2 Å². The van der Waals surface area contributed by atoms with Crippen LogP contribution in [0.15, 0.2) is 47.8 Å². The van der Waals surface area contributed by atoms with Gasteiger partial charge in [0, 0.05) is 49.0 Å². The lowest BCUT2D eigenvalue weighted by Gasteiger charge is -2.00. The molecule has 2 heterocycles. The zero-order chi connectivity index (χ0) is 14.1. The van der Waals surface area contributed by atoms with Crippen molar-refractivity contribution in [2.75, 3.05) is 0 Å². The Morgan fingerprint density at radius 3 is 1.70 bits per heavy atom. The fraction of sp³-hybridized carbons (Fsp3) is 0.235. The third-order valence-electron chi connectivity index (χ3n) is 3.86. The summed E-state index contributed by atoms with van der Waals surface area (Å²) in [6.07, 6.45) is 9.67. The van der Waals surface area contributed by atoms with Gasteiger partial charge in [0.1, 0.15) is 0 Å². The molecule has 0 amide bonds. The average molecular weight is 266 g/mol. The summed E-state index contributed by atoms with van der Waals surface area (Å²) in [7, 11) is 3.99. The van der Waals surface area contributed by atoms with Crippen molar-refractivity contribution in [3.8, 4) is 0 Å². The van der Waals surface area contributed by atoms with Crippen LogP contribution in [0.2, 0.25) is 0 Å². The van der Waals surface area contributed by atoms with E-state index >= 15 is 0 Å². The van der Waals surface area contributed by atoms with E-state index < -0.39 is 0 Å². The van der Waals surface area contributed by atoms with Gasteiger partial charge in [-0.15, -0.1) is 0 Å². The predicted octanol–water partition coefficient (Wildman–Crippen LogP) is 3.19. The van der Waals surface area contributed by atoms with Crippen molar-refractivity contribution < 1.29 is 4.79 Å². The molecule has 3 heteroatoms. The molecule has 1 fully saturated rings. The van der Waals surface area contributed by atoms with Crippen LogP contribution in [0.4, 0.5) is 0 Å². The molecule has 2 aromatic rings. The van der Waals surface area contributed by atoms with Gasteiger partial charge in [0.05, 0.1) is 0 Å². The van der Waals surface area contributed by atoms with E-state index in [-0.39, 0.29) is 5.78 Å². The minimum absolute atomic E-state index is 0.187.